The maximum Gasteiger partial charge on any atom is 0.273 e. The molecule has 8 heteroatoms. The standard InChI is InChI=1S/C19H19Cl2N3O3/c1-13-2-3-14(10-18(13)24(26)27)19(25)23-8-6-22(7-9-23)12-15-4-5-16(20)11-17(15)21/h2-5,10-11H,6-9,12H2,1H3. The Kier molecular flexibility index (Phi) is 5.99. The van der Waals surface area contributed by atoms with Gasteiger partial charge in [-0.1, -0.05) is 35.3 Å². The highest BCUT2D eigenvalue weighted by atomic mass is 35.5. The number of halogens is 2. The molecule has 142 valence electrons. The molecular formula is C19H19Cl2N3O3. The van der Waals surface area contributed by atoms with E-state index in [4.69, 9.17) is 23.2 Å². The molecule has 1 heterocycles. The normalized spacial score (nSPS) is 15.0. The first-order valence-electron chi connectivity index (χ1n) is 8.56. The Labute approximate surface area is 167 Å². The SMILES string of the molecule is Cc1ccc(C(=O)N2CCN(Cc3ccc(Cl)cc3Cl)CC2)cc1[N+](=O)[O-]. The van der Waals surface area contributed by atoms with Gasteiger partial charge in [0.25, 0.3) is 11.6 Å². The van der Waals surface area contributed by atoms with E-state index in [0.29, 0.717) is 53.9 Å². The Bertz CT molecular complexity index is 880. The summed E-state index contributed by atoms with van der Waals surface area (Å²) in [5.74, 6) is -0.178. The van der Waals surface area contributed by atoms with Gasteiger partial charge in [-0.2, -0.15) is 0 Å². The Morgan fingerprint density at radius 1 is 1.11 bits per heavy atom. The maximum absolute atomic E-state index is 12.7. The first-order valence-corrected chi connectivity index (χ1v) is 9.31. The molecule has 2 aromatic carbocycles. The third kappa shape index (κ3) is 4.58. The monoisotopic (exact) mass is 407 g/mol. The minimum atomic E-state index is -0.458. The minimum absolute atomic E-state index is 0.0307. The fourth-order valence-corrected chi connectivity index (χ4v) is 3.59. The topological polar surface area (TPSA) is 66.7 Å². The van der Waals surface area contributed by atoms with Crippen molar-refractivity contribution in [3.63, 3.8) is 0 Å². The number of amides is 1. The Morgan fingerprint density at radius 3 is 2.44 bits per heavy atom. The van der Waals surface area contributed by atoms with Gasteiger partial charge in [-0.05, 0) is 30.7 Å². The predicted molar refractivity (Wildman–Crippen MR) is 105 cm³/mol. The lowest BCUT2D eigenvalue weighted by Gasteiger charge is -2.35. The van der Waals surface area contributed by atoms with Gasteiger partial charge in [-0.15, -0.1) is 0 Å². The lowest BCUT2D eigenvalue weighted by atomic mass is 10.1. The maximum atomic E-state index is 12.7. The number of benzene rings is 2. The summed E-state index contributed by atoms with van der Waals surface area (Å²) in [5.41, 5.74) is 1.86. The number of aryl methyl sites for hydroxylation is 1. The Balaban J connectivity index is 1.62. The zero-order valence-electron chi connectivity index (χ0n) is 14.8. The highest BCUT2D eigenvalue weighted by Crippen LogP contribution is 2.24. The number of carbonyl (C=O) groups is 1. The highest BCUT2D eigenvalue weighted by molar-refractivity contribution is 6.35. The van der Waals surface area contributed by atoms with Crippen LogP contribution in [0.3, 0.4) is 0 Å². The summed E-state index contributed by atoms with van der Waals surface area (Å²) in [4.78, 5) is 27.3. The molecule has 1 amide bonds. The van der Waals surface area contributed by atoms with Gasteiger partial charge in [-0.25, -0.2) is 0 Å². The first-order chi connectivity index (χ1) is 12.8. The van der Waals surface area contributed by atoms with Crippen molar-refractivity contribution in [3.05, 3.63) is 73.2 Å². The van der Waals surface area contributed by atoms with Crippen LogP contribution in [-0.2, 0) is 6.54 Å². The molecule has 0 radical (unpaired) electrons. The van der Waals surface area contributed by atoms with Gasteiger partial charge < -0.3 is 4.90 Å². The summed E-state index contributed by atoms with van der Waals surface area (Å²) in [6.07, 6.45) is 0. The quantitative estimate of drug-likeness (QED) is 0.563. The lowest BCUT2D eigenvalue weighted by molar-refractivity contribution is -0.385. The van der Waals surface area contributed by atoms with Gasteiger partial charge in [0.15, 0.2) is 0 Å². The van der Waals surface area contributed by atoms with Crippen LogP contribution in [-0.4, -0.2) is 46.8 Å². The van der Waals surface area contributed by atoms with Gasteiger partial charge in [-0.3, -0.25) is 19.8 Å². The smallest absolute Gasteiger partial charge is 0.273 e. The molecule has 1 fully saturated rings. The zero-order chi connectivity index (χ0) is 19.6. The van der Waals surface area contributed by atoms with Gasteiger partial charge in [0, 0.05) is 60.0 Å². The van der Waals surface area contributed by atoms with Gasteiger partial charge >= 0.3 is 0 Å². The molecule has 3 rings (SSSR count). The van der Waals surface area contributed by atoms with E-state index >= 15 is 0 Å². The van der Waals surface area contributed by atoms with Crippen molar-refractivity contribution >= 4 is 34.8 Å². The van der Waals surface area contributed by atoms with Crippen molar-refractivity contribution in [2.24, 2.45) is 0 Å². The zero-order valence-corrected chi connectivity index (χ0v) is 16.3. The van der Waals surface area contributed by atoms with Crippen LogP contribution in [0.5, 0.6) is 0 Å². The fourth-order valence-electron chi connectivity index (χ4n) is 3.12. The van der Waals surface area contributed by atoms with E-state index < -0.39 is 4.92 Å². The van der Waals surface area contributed by atoms with Gasteiger partial charge in [0.1, 0.15) is 0 Å². The summed E-state index contributed by atoms with van der Waals surface area (Å²) in [7, 11) is 0. The molecule has 1 aliphatic heterocycles. The van der Waals surface area contributed by atoms with Crippen molar-refractivity contribution in [1.29, 1.82) is 0 Å². The molecule has 1 saturated heterocycles. The van der Waals surface area contributed by atoms with Crippen LogP contribution in [0.15, 0.2) is 36.4 Å². The number of piperazine rings is 1. The van der Waals surface area contributed by atoms with Crippen LogP contribution in [0.4, 0.5) is 5.69 Å². The average Bonchev–Trinajstić information content (AvgIpc) is 2.64. The first kappa shape index (κ1) is 19.6. The third-order valence-electron chi connectivity index (χ3n) is 4.72. The number of nitro groups is 1. The van der Waals surface area contributed by atoms with Crippen LogP contribution in [0, 0.1) is 17.0 Å². The van der Waals surface area contributed by atoms with E-state index in [1.807, 2.05) is 12.1 Å². The van der Waals surface area contributed by atoms with Crippen molar-refractivity contribution in [2.75, 3.05) is 26.2 Å². The van der Waals surface area contributed by atoms with Crippen molar-refractivity contribution in [1.82, 2.24) is 9.80 Å². The molecule has 6 nitrogen and oxygen atoms in total. The Morgan fingerprint density at radius 2 is 1.81 bits per heavy atom. The van der Waals surface area contributed by atoms with Crippen molar-refractivity contribution in [2.45, 2.75) is 13.5 Å². The molecule has 1 aliphatic rings. The summed E-state index contributed by atoms with van der Waals surface area (Å²) >= 11 is 12.2. The predicted octanol–water partition coefficient (Wildman–Crippen LogP) is 4.17. The average molecular weight is 408 g/mol. The summed E-state index contributed by atoms with van der Waals surface area (Å²) in [5, 5.41) is 12.3. The van der Waals surface area contributed by atoms with E-state index in [1.165, 1.54) is 6.07 Å². The van der Waals surface area contributed by atoms with Gasteiger partial charge in [0.05, 0.1) is 4.92 Å². The molecule has 2 aromatic rings. The number of carbonyl (C=O) groups excluding carboxylic acids is 1. The van der Waals surface area contributed by atoms with Crippen LogP contribution in [0.2, 0.25) is 10.0 Å². The molecule has 0 saturated carbocycles. The number of nitrogens with zero attached hydrogens (tertiary/aromatic N) is 3. The molecule has 0 aromatic heterocycles. The van der Waals surface area contributed by atoms with Crippen LogP contribution in [0.1, 0.15) is 21.5 Å². The van der Waals surface area contributed by atoms with Crippen LogP contribution >= 0.6 is 23.2 Å². The van der Waals surface area contributed by atoms with E-state index in [0.717, 1.165) is 5.56 Å². The summed E-state index contributed by atoms with van der Waals surface area (Å²) in [6.45, 7) is 4.88. The summed E-state index contributed by atoms with van der Waals surface area (Å²) in [6, 6.07) is 10.1. The minimum Gasteiger partial charge on any atom is -0.336 e. The van der Waals surface area contributed by atoms with Crippen molar-refractivity contribution in [3.8, 4) is 0 Å². The van der Waals surface area contributed by atoms with Crippen LogP contribution in [0.25, 0.3) is 0 Å². The summed E-state index contributed by atoms with van der Waals surface area (Å²) < 4.78 is 0. The van der Waals surface area contributed by atoms with E-state index in [9.17, 15) is 14.9 Å². The molecule has 27 heavy (non-hydrogen) atoms. The van der Waals surface area contributed by atoms with E-state index in [-0.39, 0.29) is 11.6 Å². The molecule has 0 atom stereocenters. The molecular weight excluding hydrogens is 389 g/mol. The highest BCUT2D eigenvalue weighted by Gasteiger charge is 2.24. The molecule has 0 aliphatic carbocycles. The fraction of sp³-hybridized carbons (Fsp3) is 0.316. The van der Waals surface area contributed by atoms with E-state index in [1.54, 1.807) is 30.0 Å². The number of hydrogen-bond acceptors (Lipinski definition) is 4. The third-order valence-corrected chi connectivity index (χ3v) is 5.31. The molecule has 0 unspecified atom stereocenters. The molecule has 0 spiro atoms. The second-order valence-electron chi connectivity index (χ2n) is 6.56. The van der Waals surface area contributed by atoms with E-state index in [2.05, 4.69) is 4.90 Å². The largest absolute Gasteiger partial charge is 0.336 e. The lowest BCUT2D eigenvalue weighted by Crippen LogP contribution is -2.48. The number of hydrogen-bond donors (Lipinski definition) is 0. The second kappa shape index (κ2) is 8.25. The molecule has 0 bridgehead atoms. The Hall–Kier alpha value is -2.15. The van der Waals surface area contributed by atoms with Gasteiger partial charge in [0.2, 0.25) is 0 Å². The van der Waals surface area contributed by atoms with Crippen LogP contribution < -0.4 is 0 Å². The van der Waals surface area contributed by atoms with Crippen molar-refractivity contribution < 1.29 is 9.72 Å². The number of rotatable bonds is 4. The molecule has 0 N–H and O–H groups in total. The number of nitro benzene ring substituents is 1. The second-order valence-corrected chi connectivity index (χ2v) is 7.41.